The fourth-order valence-corrected chi connectivity index (χ4v) is 1.04. The van der Waals surface area contributed by atoms with Gasteiger partial charge in [-0.25, -0.2) is 4.39 Å². The Balaban J connectivity index is 2.87. The lowest BCUT2D eigenvalue weighted by molar-refractivity contribution is -0.136. The summed E-state index contributed by atoms with van der Waals surface area (Å²) in [6.45, 7) is 0. The van der Waals surface area contributed by atoms with Crippen LogP contribution < -0.4 is 0 Å². The summed E-state index contributed by atoms with van der Waals surface area (Å²) in [6, 6.07) is 2.65. The van der Waals surface area contributed by atoms with Crippen LogP contribution in [0.2, 0.25) is 0 Å². The maximum absolute atomic E-state index is 12.5. The normalized spacial score (nSPS) is 13.4. The molecule has 3 nitrogen and oxygen atoms in total. The Hall–Kier alpha value is -2.01. The van der Waals surface area contributed by atoms with Gasteiger partial charge >= 0.3 is 6.18 Å². The summed E-state index contributed by atoms with van der Waals surface area (Å²) < 4.78 is 49.4. The van der Waals surface area contributed by atoms with Crippen molar-refractivity contribution in [1.82, 2.24) is 0 Å². The van der Waals surface area contributed by atoms with Crippen molar-refractivity contribution in [2.45, 2.75) is 12.2 Å². The van der Waals surface area contributed by atoms with Crippen molar-refractivity contribution >= 4 is 6.08 Å². The highest BCUT2D eigenvalue weighted by atomic mass is 19.4. The van der Waals surface area contributed by atoms with Crippen LogP contribution in [-0.2, 0) is 0 Å². The maximum atomic E-state index is 12.5. The minimum atomic E-state index is -4.64. The summed E-state index contributed by atoms with van der Waals surface area (Å²) in [5, 5.41) is 2.62. The van der Waals surface area contributed by atoms with E-state index in [1.165, 1.54) is 12.1 Å². The quantitative estimate of drug-likeness (QED) is 0.333. The van der Waals surface area contributed by atoms with Crippen LogP contribution in [0.3, 0.4) is 0 Å². The number of nitrogens with zero attached hydrogens (tertiary/aromatic N) is 3. The Morgan fingerprint density at radius 3 is 2.29 bits per heavy atom. The molecule has 1 aromatic rings. The van der Waals surface area contributed by atoms with E-state index in [1.807, 2.05) is 0 Å². The van der Waals surface area contributed by atoms with E-state index in [0.29, 0.717) is 11.6 Å². The van der Waals surface area contributed by atoms with Crippen molar-refractivity contribution in [3.8, 4) is 0 Å². The molecule has 0 amide bonds. The van der Waals surface area contributed by atoms with E-state index in [-0.39, 0.29) is 0 Å². The largest absolute Gasteiger partial charge is 0.400 e. The van der Waals surface area contributed by atoms with Crippen LogP contribution in [0.15, 0.2) is 35.5 Å². The molecule has 0 saturated heterocycles. The summed E-state index contributed by atoms with van der Waals surface area (Å²) in [5.74, 6) is -0.482. The van der Waals surface area contributed by atoms with Crippen LogP contribution in [0, 0.1) is 5.82 Å². The van der Waals surface area contributed by atoms with E-state index < -0.39 is 18.0 Å². The Morgan fingerprint density at radius 2 is 1.82 bits per heavy atom. The van der Waals surface area contributed by atoms with Crippen molar-refractivity contribution in [2.24, 2.45) is 5.11 Å². The molecule has 0 heterocycles. The predicted molar refractivity (Wildman–Crippen MR) is 54.4 cm³/mol. The molecule has 0 saturated carbocycles. The van der Waals surface area contributed by atoms with Gasteiger partial charge in [-0.1, -0.05) is 29.4 Å². The van der Waals surface area contributed by atoms with E-state index in [2.05, 4.69) is 10.0 Å². The highest BCUT2D eigenvalue weighted by Gasteiger charge is 2.36. The monoisotopic (exact) mass is 245 g/mol. The molecular formula is C10H7F4N3. The molecule has 0 aliphatic carbocycles. The smallest absolute Gasteiger partial charge is 0.207 e. The second-order valence-electron chi connectivity index (χ2n) is 3.10. The molecule has 0 aliphatic rings. The average Bonchev–Trinajstić information content (AvgIpc) is 2.25. The van der Waals surface area contributed by atoms with Crippen LogP contribution in [0.1, 0.15) is 5.56 Å². The molecule has 90 valence electrons. The Kier molecular flexibility index (Phi) is 4.12. The van der Waals surface area contributed by atoms with Gasteiger partial charge in [-0.05, 0) is 23.2 Å². The van der Waals surface area contributed by atoms with E-state index in [9.17, 15) is 17.6 Å². The van der Waals surface area contributed by atoms with Crippen LogP contribution >= 0.6 is 0 Å². The highest BCUT2D eigenvalue weighted by molar-refractivity contribution is 5.49. The minimum absolute atomic E-state index is 0.383. The van der Waals surface area contributed by atoms with Crippen molar-refractivity contribution < 1.29 is 17.6 Å². The third kappa shape index (κ3) is 4.16. The SMILES string of the molecule is [N-]=[N+]=NC(C=Cc1ccc(F)cc1)C(F)(F)F. The first-order valence-electron chi connectivity index (χ1n) is 4.48. The van der Waals surface area contributed by atoms with Gasteiger partial charge in [-0.15, -0.1) is 0 Å². The molecule has 0 bridgehead atoms. The van der Waals surface area contributed by atoms with Gasteiger partial charge in [0.1, 0.15) is 5.82 Å². The van der Waals surface area contributed by atoms with Gasteiger partial charge in [0.05, 0.1) is 0 Å². The number of hydrogen-bond acceptors (Lipinski definition) is 1. The van der Waals surface area contributed by atoms with E-state index in [0.717, 1.165) is 18.2 Å². The standard InChI is InChI=1S/C10H7F4N3/c11-8-4-1-7(2-5-8)3-6-9(16-17-15)10(12,13)14/h1-6,9H. The first kappa shape index (κ1) is 13.1. The molecule has 17 heavy (non-hydrogen) atoms. The van der Waals surface area contributed by atoms with Crippen LogP contribution in [0.5, 0.6) is 0 Å². The van der Waals surface area contributed by atoms with Gasteiger partial charge in [-0.3, -0.25) is 0 Å². The molecule has 0 aromatic heterocycles. The lowest BCUT2D eigenvalue weighted by Gasteiger charge is -2.10. The van der Waals surface area contributed by atoms with E-state index in [1.54, 1.807) is 0 Å². The van der Waals surface area contributed by atoms with Gasteiger partial charge in [0, 0.05) is 4.91 Å². The van der Waals surface area contributed by atoms with Crippen LogP contribution in [-0.4, -0.2) is 12.2 Å². The molecule has 0 aliphatic heterocycles. The Bertz CT molecular complexity index is 444. The summed E-state index contributed by atoms with van der Waals surface area (Å²) in [6.07, 6.45) is -2.80. The summed E-state index contributed by atoms with van der Waals surface area (Å²) in [5.41, 5.74) is 8.39. The first-order valence-corrected chi connectivity index (χ1v) is 4.48. The number of azide groups is 1. The number of halogens is 4. The molecule has 0 N–H and O–H groups in total. The predicted octanol–water partition coefficient (Wildman–Crippen LogP) is 4.08. The number of rotatable bonds is 3. The summed E-state index contributed by atoms with van der Waals surface area (Å²) >= 11 is 0. The Labute approximate surface area is 94.0 Å². The zero-order chi connectivity index (χ0) is 12.9. The molecular weight excluding hydrogens is 238 g/mol. The molecule has 0 spiro atoms. The zero-order valence-corrected chi connectivity index (χ0v) is 8.39. The highest BCUT2D eigenvalue weighted by Crippen LogP contribution is 2.24. The molecule has 1 rings (SSSR count). The molecule has 0 radical (unpaired) electrons. The van der Waals surface area contributed by atoms with Gasteiger partial charge < -0.3 is 0 Å². The lowest BCUT2D eigenvalue weighted by atomic mass is 10.1. The van der Waals surface area contributed by atoms with Gasteiger partial charge in [0.15, 0.2) is 6.04 Å². The number of hydrogen-bond donors (Lipinski definition) is 0. The van der Waals surface area contributed by atoms with E-state index >= 15 is 0 Å². The van der Waals surface area contributed by atoms with Crippen LogP contribution in [0.4, 0.5) is 17.6 Å². The van der Waals surface area contributed by atoms with Crippen molar-refractivity contribution in [2.75, 3.05) is 0 Å². The minimum Gasteiger partial charge on any atom is -0.207 e. The molecule has 1 aromatic carbocycles. The molecule has 1 unspecified atom stereocenters. The topological polar surface area (TPSA) is 48.8 Å². The zero-order valence-electron chi connectivity index (χ0n) is 8.39. The fraction of sp³-hybridized carbons (Fsp3) is 0.200. The lowest BCUT2D eigenvalue weighted by Crippen LogP contribution is -2.24. The third-order valence-electron chi connectivity index (χ3n) is 1.85. The average molecular weight is 245 g/mol. The second kappa shape index (κ2) is 5.36. The summed E-state index contributed by atoms with van der Waals surface area (Å²) in [7, 11) is 0. The molecule has 1 atom stereocenters. The third-order valence-corrected chi connectivity index (χ3v) is 1.85. The molecule has 0 fully saturated rings. The van der Waals surface area contributed by atoms with Gasteiger partial charge in [0.25, 0.3) is 0 Å². The van der Waals surface area contributed by atoms with Crippen LogP contribution in [0.25, 0.3) is 16.5 Å². The number of alkyl halides is 3. The van der Waals surface area contributed by atoms with Crippen molar-refractivity contribution in [3.05, 3.63) is 52.2 Å². The van der Waals surface area contributed by atoms with E-state index in [4.69, 9.17) is 5.53 Å². The second-order valence-corrected chi connectivity index (χ2v) is 3.10. The van der Waals surface area contributed by atoms with Crippen molar-refractivity contribution in [1.29, 1.82) is 0 Å². The van der Waals surface area contributed by atoms with Crippen molar-refractivity contribution in [3.63, 3.8) is 0 Å². The number of benzene rings is 1. The molecule has 7 heteroatoms. The Morgan fingerprint density at radius 1 is 1.24 bits per heavy atom. The van der Waals surface area contributed by atoms with Gasteiger partial charge in [-0.2, -0.15) is 13.2 Å². The fourth-order valence-electron chi connectivity index (χ4n) is 1.04. The summed E-state index contributed by atoms with van der Waals surface area (Å²) in [4.78, 5) is 2.12. The van der Waals surface area contributed by atoms with Gasteiger partial charge in [0.2, 0.25) is 0 Å². The first-order chi connectivity index (χ1) is 7.93. The maximum Gasteiger partial charge on any atom is 0.400 e.